The number of nitrogens with one attached hydrogen (secondary N) is 1. The summed E-state index contributed by atoms with van der Waals surface area (Å²) in [5.74, 6) is 0.0797. The highest BCUT2D eigenvalue weighted by atomic mass is 32.1. The summed E-state index contributed by atoms with van der Waals surface area (Å²) in [5.41, 5.74) is 0. The third-order valence-electron chi connectivity index (χ3n) is 1.43. The highest BCUT2D eigenvalue weighted by Crippen LogP contribution is 1.93. The van der Waals surface area contributed by atoms with Crippen LogP contribution in [0.2, 0.25) is 0 Å². The molecule has 0 radical (unpaired) electrons. The van der Waals surface area contributed by atoms with Crippen molar-refractivity contribution in [1.29, 1.82) is 0 Å². The summed E-state index contributed by atoms with van der Waals surface area (Å²) in [6, 6.07) is -0.521. The van der Waals surface area contributed by atoms with Gasteiger partial charge < -0.3 is 14.9 Å². The van der Waals surface area contributed by atoms with Crippen LogP contribution in [0, 0.1) is 0 Å². The standard InChI is InChI=1S/C8H13NO3S/c10-4-2-1-3-8(12)9-7(5-11)6-13/h4-5,7,13H,1-3,6H2,(H,9,12). The Bertz CT molecular complexity index is 184. The molecule has 0 spiro atoms. The van der Waals surface area contributed by atoms with Gasteiger partial charge >= 0.3 is 0 Å². The molecule has 0 heterocycles. The van der Waals surface area contributed by atoms with E-state index in [9.17, 15) is 14.4 Å². The zero-order chi connectivity index (χ0) is 10.1. The lowest BCUT2D eigenvalue weighted by molar-refractivity contribution is -0.123. The van der Waals surface area contributed by atoms with Crippen LogP contribution in [-0.2, 0) is 14.4 Å². The number of unbranched alkanes of at least 4 members (excludes halogenated alkanes) is 1. The van der Waals surface area contributed by atoms with Gasteiger partial charge in [0.1, 0.15) is 12.6 Å². The van der Waals surface area contributed by atoms with E-state index >= 15 is 0 Å². The highest BCUT2D eigenvalue weighted by Gasteiger charge is 2.08. The summed E-state index contributed by atoms with van der Waals surface area (Å²) in [7, 11) is 0. The number of rotatable bonds is 7. The number of carbonyl (C=O) groups is 3. The van der Waals surface area contributed by atoms with Gasteiger partial charge in [0.15, 0.2) is 0 Å². The van der Waals surface area contributed by atoms with Crippen molar-refractivity contribution in [3.05, 3.63) is 0 Å². The lowest BCUT2D eigenvalue weighted by atomic mass is 10.2. The molecular weight excluding hydrogens is 190 g/mol. The number of thiol groups is 1. The van der Waals surface area contributed by atoms with Gasteiger partial charge in [-0.25, -0.2) is 0 Å². The lowest BCUT2D eigenvalue weighted by Crippen LogP contribution is -2.37. The SMILES string of the molecule is O=CCCCC(=O)NC(C=O)CS. The second-order valence-electron chi connectivity index (χ2n) is 2.55. The maximum Gasteiger partial charge on any atom is 0.220 e. The lowest BCUT2D eigenvalue weighted by Gasteiger charge is -2.08. The van der Waals surface area contributed by atoms with Crippen molar-refractivity contribution in [3.8, 4) is 0 Å². The van der Waals surface area contributed by atoms with E-state index in [4.69, 9.17) is 0 Å². The van der Waals surface area contributed by atoms with E-state index in [1.807, 2.05) is 0 Å². The Kier molecular flexibility index (Phi) is 7.29. The molecule has 13 heavy (non-hydrogen) atoms. The fourth-order valence-electron chi connectivity index (χ4n) is 0.748. The molecule has 0 aliphatic rings. The smallest absolute Gasteiger partial charge is 0.220 e. The molecule has 0 aliphatic heterocycles. The van der Waals surface area contributed by atoms with Gasteiger partial charge in [0.2, 0.25) is 5.91 Å². The maximum absolute atomic E-state index is 11.0. The molecule has 5 heteroatoms. The zero-order valence-electron chi connectivity index (χ0n) is 7.23. The van der Waals surface area contributed by atoms with Crippen molar-refractivity contribution in [2.75, 3.05) is 5.75 Å². The van der Waals surface area contributed by atoms with Crippen LogP contribution < -0.4 is 5.32 Å². The summed E-state index contributed by atoms with van der Waals surface area (Å²) >= 11 is 3.88. The van der Waals surface area contributed by atoms with Gasteiger partial charge in [-0.15, -0.1) is 0 Å². The van der Waals surface area contributed by atoms with E-state index in [1.165, 1.54) is 0 Å². The Hall–Kier alpha value is -0.840. The molecule has 1 amide bonds. The molecule has 0 aromatic carbocycles. The van der Waals surface area contributed by atoms with Gasteiger partial charge in [-0.1, -0.05) is 0 Å². The quantitative estimate of drug-likeness (QED) is 0.347. The van der Waals surface area contributed by atoms with Gasteiger partial charge in [0, 0.05) is 18.6 Å². The molecule has 0 bridgehead atoms. The summed E-state index contributed by atoms with van der Waals surface area (Å²) in [6.07, 6.45) is 2.58. The molecule has 74 valence electrons. The van der Waals surface area contributed by atoms with Crippen LogP contribution >= 0.6 is 12.6 Å². The monoisotopic (exact) mass is 203 g/mol. The van der Waals surface area contributed by atoms with Crippen molar-refractivity contribution in [2.24, 2.45) is 0 Å². The topological polar surface area (TPSA) is 63.2 Å². The van der Waals surface area contributed by atoms with E-state index in [0.717, 1.165) is 6.29 Å². The number of hydrogen-bond acceptors (Lipinski definition) is 4. The van der Waals surface area contributed by atoms with E-state index in [2.05, 4.69) is 17.9 Å². The van der Waals surface area contributed by atoms with Crippen LogP contribution in [0.5, 0.6) is 0 Å². The first-order chi connectivity index (χ1) is 6.24. The molecule has 4 nitrogen and oxygen atoms in total. The largest absolute Gasteiger partial charge is 0.346 e. The normalized spacial score (nSPS) is 11.8. The van der Waals surface area contributed by atoms with Crippen molar-refractivity contribution in [3.63, 3.8) is 0 Å². The highest BCUT2D eigenvalue weighted by molar-refractivity contribution is 7.80. The third-order valence-corrected chi connectivity index (χ3v) is 1.83. The van der Waals surface area contributed by atoms with Crippen molar-refractivity contribution in [2.45, 2.75) is 25.3 Å². The second-order valence-corrected chi connectivity index (χ2v) is 2.92. The molecule has 0 aromatic rings. The Labute approximate surface area is 82.5 Å². The predicted octanol–water partition coefficient (Wildman–Crippen LogP) is -0.0309. The molecule has 1 unspecified atom stereocenters. The van der Waals surface area contributed by atoms with Crippen molar-refractivity contribution in [1.82, 2.24) is 5.32 Å². The third kappa shape index (κ3) is 6.33. The minimum atomic E-state index is -0.521. The van der Waals surface area contributed by atoms with Gasteiger partial charge in [0.05, 0.1) is 6.04 Å². The van der Waals surface area contributed by atoms with Gasteiger partial charge in [-0.3, -0.25) is 4.79 Å². The molecule has 0 fully saturated rings. The number of aldehydes is 2. The summed E-state index contributed by atoms with van der Waals surface area (Å²) in [4.78, 5) is 31.2. The van der Waals surface area contributed by atoms with Gasteiger partial charge in [0.25, 0.3) is 0 Å². The Balaban J connectivity index is 3.59. The maximum atomic E-state index is 11.0. The fourth-order valence-corrected chi connectivity index (χ4v) is 0.925. The molecular formula is C8H13NO3S. The minimum Gasteiger partial charge on any atom is -0.346 e. The van der Waals surface area contributed by atoms with Crippen LogP contribution in [0.1, 0.15) is 19.3 Å². The van der Waals surface area contributed by atoms with Gasteiger partial charge in [-0.2, -0.15) is 12.6 Å². The van der Waals surface area contributed by atoms with Crippen LogP contribution in [0.3, 0.4) is 0 Å². The molecule has 0 saturated carbocycles. The fraction of sp³-hybridized carbons (Fsp3) is 0.625. The second kappa shape index (κ2) is 7.79. The van der Waals surface area contributed by atoms with Crippen molar-refractivity contribution >= 4 is 31.1 Å². The Morgan fingerprint density at radius 3 is 2.62 bits per heavy atom. The van der Waals surface area contributed by atoms with Crippen LogP contribution in [0.25, 0.3) is 0 Å². The average Bonchev–Trinajstić information content (AvgIpc) is 2.14. The van der Waals surface area contributed by atoms with E-state index in [-0.39, 0.29) is 12.3 Å². The summed E-state index contributed by atoms with van der Waals surface area (Å²) < 4.78 is 0. The number of hydrogen-bond donors (Lipinski definition) is 2. The Morgan fingerprint density at radius 1 is 1.46 bits per heavy atom. The Morgan fingerprint density at radius 2 is 2.15 bits per heavy atom. The van der Waals surface area contributed by atoms with Crippen LogP contribution in [0.4, 0.5) is 0 Å². The van der Waals surface area contributed by atoms with Crippen LogP contribution in [0.15, 0.2) is 0 Å². The van der Waals surface area contributed by atoms with E-state index in [1.54, 1.807) is 0 Å². The molecule has 0 aromatic heterocycles. The zero-order valence-corrected chi connectivity index (χ0v) is 8.13. The van der Waals surface area contributed by atoms with E-state index in [0.29, 0.717) is 24.9 Å². The van der Waals surface area contributed by atoms with Gasteiger partial charge in [-0.05, 0) is 6.42 Å². The summed E-state index contributed by atoms with van der Waals surface area (Å²) in [6.45, 7) is 0. The first kappa shape index (κ1) is 12.2. The first-order valence-corrected chi connectivity index (χ1v) is 4.67. The van der Waals surface area contributed by atoms with E-state index < -0.39 is 6.04 Å². The van der Waals surface area contributed by atoms with Crippen LogP contribution in [-0.4, -0.2) is 30.3 Å². The first-order valence-electron chi connectivity index (χ1n) is 4.03. The average molecular weight is 203 g/mol. The molecule has 0 aliphatic carbocycles. The summed E-state index contributed by atoms with van der Waals surface area (Å²) in [5, 5.41) is 2.48. The molecule has 0 rings (SSSR count). The minimum absolute atomic E-state index is 0.215. The molecule has 1 atom stereocenters. The predicted molar refractivity (Wildman–Crippen MR) is 51.8 cm³/mol. The number of amides is 1. The molecule has 1 N–H and O–H groups in total. The number of carbonyl (C=O) groups excluding carboxylic acids is 3. The van der Waals surface area contributed by atoms with Crippen molar-refractivity contribution < 1.29 is 14.4 Å². The molecule has 0 saturated heterocycles.